The molecule has 0 aliphatic rings. The maximum atomic E-state index is 13.8. The highest BCUT2D eigenvalue weighted by Gasteiger charge is 2.27. The molecule has 210 valence electrons. The van der Waals surface area contributed by atoms with E-state index in [4.69, 9.17) is 0 Å². The summed E-state index contributed by atoms with van der Waals surface area (Å²) in [6.45, 7) is 15.2. The van der Waals surface area contributed by atoms with Crippen molar-refractivity contribution in [2.75, 3.05) is 11.9 Å². The highest BCUT2D eigenvalue weighted by molar-refractivity contribution is 7.10. The van der Waals surface area contributed by atoms with Gasteiger partial charge >= 0.3 is 6.03 Å². The van der Waals surface area contributed by atoms with Crippen molar-refractivity contribution in [3.8, 4) is 0 Å². The van der Waals surface area contributed by atoms with Crippen LogP contribution in [0.4, 0.5) is 14.9 Å². The number of nitrogens with zero attached hydrogens (tertiary/aromatic N) is 2. The van der Waals surface area contributed by atoms with Gasteiger partial charge in [-0.3, -0.25) is 4.79 Å². The average molecular weight is 552 g/mol. The smallest absolute Gasteiger partial charge is 0.322 e. The number of carbonyl (C=O) groups is 2. The first-order chi connectivity index (χ1) is 18.5. The number of amides is 3. The number of para-hydroxylation sites is 1. The molecule has 0 aliphatic carbocycles. The molecule has 1 N–H and O–H groups in total. The third-order valence-electron chi connectivity index (χ3n) is 7.24. The van der Waals surface area contributed by atoms with Crippen LogP contribution in [0.2, 0.25) is 0 Å². The molecule has 0 spiro atoms. The van der Waals surface area contributed by atoms with Crippen molar-refractivity contribution in [1.82, 2.24) is 9.80 Å². The quantitative estimate of drug-likeness (QED) is 0.261. The Labute approximate surface area is 237 Å². The molecule has 0 radical (unpaired) electrons. The molecular formula is C32H42FN3O2S. The van der Waals surface area contributed by atoms with Crippen LogP contribution in [0.15, 0.2) is 53.9 Å². The van der Waals surface area contributed by atoms with Crippen molar-refractivity contribution in [2.45, 2.75) is 85.9 Å². The summed E-state index contributed by atoms with van der Waals surface area (Å²) in [5, 5.41) is 5.21. The van der Waals surface area contributed by atoms with E-state index in [1.54, 1.807) is 33.3 Å². The maximum Gasteiger partial charge on any atom is 0.322 e. The van der Waals surface area contributed by atoms with Crippen molar-refractivity contribution >= 4 is 29.0 Å². The lowest BCUT2D eigenvalue weighted by Crippen LogP contribution is -2.48. The lowest BCUT2D eigenvalue weighted by molar-refractivity contribution is -0.133. The Morgan fingerprint density at radius 1 is 0.923 bits per heavy atom. The Hall–Kier alpha value is -3.19. The molecule has 39 heavy (non-hydrogen) atoms. The maximum absolute atomic E-state index is 13.8. The van der Waals surface area contributed by atoms with Crippen LogP contribution < -0.4 is 5.32 Å². The Morgan fingerprint density at radius 3 is 2.05 bits per heavy atom. The molecule has 3 aromatic rings. The van der Waals surface area contributed by atoms with E-state index in [-0.39, 0.29) is 42.2 Å². The number of anilines is 1. The van der Waals surface area contributed by atoms with Gasteiger partial charge in [-0.1, -0.05) is 65.0 Å². The Balaban J connectivity index is 1.89. The lowest BCUT2D eigenvalue weighted by atomic mass is 9.92. The zero-order valence-corrected chi connectivity index (χ0v) is 25.1. The number of nitrogens with one attached hydrogen (secondary N) is 1. The van der Waals surface area contributed by atoms with Crippen LogP contribution in [-0.4, -0.2) is 34.3 Å². The molecule has 0 aliphatic heterocycles. The van der Waals surface area contributed by atoms with E-state index in [9.17, 15) is 14.0 Å². The molecule has 0 saturated heterocycles. The van der Waals surface area contributed by atoms with Crippen molar-refractivity contribution in [2.24, 2.45) is 0 Å². The summed E-state index contributed by atoms with van der Waals surface area (Å²) in [4.78, 5) is 32.1. The van der Waals surface area contributed by atoms with Crippen LogP contribution >= 0.6 is 11.3 Å². The van der Waals surface area contributed by atoms with Crippen LogP contribution in [0.3, 0.4) is 0 Å². The zero-order chi connectivity index (χ0) is 28.7. The Morgan fingerprint density at radius 2 is 1.54 bits per heavy atom. The molecule has 0 bridgehead atoms. The van der Waals surface area contributed by atoms with Crippen LogP contribution in [0.5, 0.6) is 0 Å². The van der Waals surface area contributed by atoms with Crippen LogP contribution in [0.1, 0.15) is 86.9 Å². The summed E-state index contributed by atoms with van der Waals surface area (Å²) in [5.41, 5.74) is 4.96. The van der Waals surface area contributed by atoms with Gasteiger partial charge in [0, 0.05) is 23.2 Å². The van der Waals surface area contributed by atoms with E-state index in [1.807, 2.05) is 38.3 Å². The summed E-state index contributed by atoms with van der Waals surface area (Å²) in [6.07, 6.45) is 0.714. The molecule has 5 nitrogen and oxygen atoms in total. The molecular weight excluding hydrogens is 509 g/mol. The SMILES string of the molecule is CCC(C)N(CC(=O)N(Cc1ccc(F)cc1)Cc1sccc1C)C(=O)Nc1c(C(C)C)cccc1C(C)C. The van der Waals surface area contributed by atoms with Gasteiger partial charge in [-0.05, 0) is 77.9 Å². The molecule has 1 unspecified atom stereocenters. The van der Waals surface area contributed by atoms with E-state index in [0.717, 1.165) is 32.8 Å². The van der Waals surface area contributed by atoms with E-state index in [1.165, 1.54) is 12.1 Å². The summed E-state index contributed by atoms with van der Waals surface area (Å²) in [6, 6.07) is 14.0. The van der Waals surface area contributed by atoms with E-state index in [2.05, 4.69) is 45.1 Å². The zero-order valence-electron chi connectivity index (χ0n) is 24.3. The Kier molecular flexibility index (Phi) is 10.7. The number of halogens is 1. The van der Waals surface area contributed by atoms with Crippen LogP contribution in [-0.2, 0) is 17.9 Å². The first-order valence-corrected chi connectivity index (χ1v) is 14.6. The van der Waals surface area contributed by atoms with Crippen LogP contribution in [0.25, 0.3) is 0 Å². The lowest BCUT2D eigenvalue weighted by Gasteiger charge is -2.32. The van der Waals surface area contributed by atoms with Gasteiger partial charge < -0.3 is 15.1 Å². The fourth-order valence-corrected chi connectivity index (χ4v) is 5.47. The summed E-state index contributed by atoms with van der Waals surface area (Å²) < 4.78 is 13.5. The predicted octanol–water partition coefficient (Wildman–Crippen LogP) is 8.30. The van der Waals surface area contributed by atoms with E-state index in [0.29, 0.717) is 19.5 Å². The first-order valence-electron chi connectivity index (χ1n) is 13.8. The van der Waals surface area contributed by atoms with E-state index >= 15 is 0 Å². The molecule has 1 atom stereocenters. The number of urea groups is 1. The van der Waals surface area contributed by atoms with Crippen LogP contribution in [0, 0.1) is 12.7 Å². The fourth-order valence-electron chi connectivity index (χ4n) is 4.55. The molecule has 3 rings (SSSR count). The molecule has 0 saturated carbocycles. The molecule has 2 aromatic carbocycles. The minimum absolute atomic E-state index is 0.0483. The summed E-state index contributed by atoms with van der Waals surface area (Å²) in [7, 11) is 0. The molecule has 1 heterocycles. The van der Waals surface area contributed by atoms with Gasteiger partial charge in [-0.2, -0.15) is 0 Å². The van der Waals surface area contributed by atoms with Crippen molar-refractivity contribution in [3.63, 3.8) is 0 Å². The highest BCUT2D eigenvalue weighted by atomic mass is 32.1. The van der Waals surface area contributed by atoms with Crippen molar-refractivity contribution in [1.29, 1.82) is 0 Å². The number of rotatable bonds is 11. The first kappa shape index (κ1) is 30.4. The number of benzene rings is 2. The predicted molar refractivity (Wildman–Crippen MR) is 160 cm³/mol. The second kappa shape index (κ2) is 13.7. The van der Waals surface area contributed by atoms with Gasteiger partial charge in [0.1, 0.15) is 12.4 Å². The fraction of sp³-hybridized carbons (Fsp3) is 0.438. The average Bonchev–Trinajstić information content (AvgIpc) is 3.31. The van der Waals surface area contributed by atoms with Crippen molar-refractivity contribution < 1.29 is 14.0 Å². The number of aryl methyl sites for hydroxylation is 1. The largest absolute Gasteiger partial charge is 0.332 e. The van der Waals surface area contributed by atoms with Gasteiger partial charge in [-0.25, -0.2) is 9.18 Å². The summed E-state index contributed by atoms with van der Waals surface area (Å²) in [5.74, 6) is 0.00688. The third-order valence-corrected chi connectivity index (χ3v) is 8.24. The minimum atomic E-state index is -0.312. The normalized spacial score (nSPS) is 12.1. The Bertz CT molecular complexity index is 1230. The molecule has 0 fully saturated rings. The second-order valence-electron chi connectivity index (χ2n) is 10.8. The number of hydrogen-bond acceptors (Lipinski definition) is 3. The van der Waals surface area contributed by atoms with Gasteiger partial charge in [0.2, 0.25) is 5.91 Å². The van der Waals surface area contributed by atoms with Gasteiger partial charge in [0.15, 0.2) is 0 Å². The van der Waals surface area contributed by atoms with Crippen molar-refractivity contribution in [3.05, 3.63) is 86.9 Å². The monoisotopic (exact) mass is 551 g/mol. The van der Waals surface area contributed by atoms with Gasteiger partial charge in [-0.15, -0.1) is 11.3 Å². The minimum Gasteiger partial charge on any atom is -0.332 e. The number of hydrogen-bond donors (Lipinski definition) is 1. The number of thiophene rings is 1. The molecule has 7 heteroatoms. The molecule has 1 aromatic heterocycles. The van der Waals surface area contributed by atoms with E-state index < -0.39 is 0 Å². The topological polar surface area (TPSA) is 52.7 Å². The van der Waals surface area contributed by atoms with Gasteiger partial charge in [0.05, 0.1) is 6.54 Å². The summed E-state index contributed by atoms with van der Waals surface area (Å²) >= 11 is 1.61. The second-order valence-corrected chi connectivity index (χ2v) is 11.8. The number of carbonyl (C=O) groups excluding carboxylic acids is 2. The highest BCUT2D eigenvalue weighted by Crippen LogP contribution is 2.33. The standard InChI is InChI=1S/C32H42FN3O2S/c1-8-24(7)36(32(38)34-31-27(21(2)3)10-9-11-28(31)22(4)5)20-30(37)35(19-29-23(6)16-17-39-29)18-25-12-14-26(33)15-13-25/h9-17,21-22,24H,8,18-20H2,1-7H3,(H,34,38). The molecule has 3 amide bonds. The van der Waals surface area contributed by atoms with Gasteiger partial charge in [0.25, 0.3) is 0 Å². The third kappa shape index (κ3) is 7.91.